The standard InChI is InChI=1S/C21H28N4O2/c26-18(24-12-6-2-7-13-24)15-22-21(27)19-17-11-5-8-14-25(17)20(23-19)16-9-3-1-4-10-16/h5,8,11,14,16H,1-4,6-7,9-10,12-13,15H2,(H,22,27). The molecular weight excluding hydrogens is 340 g/mol. The van der Waals surface area contributed by atoms with E-state index in [0.717, 1.165) is 50.1 Å². The minimum atomic E-state index is -0.258. The summed E-state index contributed by atoms with van der Waals surface area (Å²) in [5.41, 5.74) is 1.25. The summed E-state index contributed by atoms with van der Waals surface area (Å²) in [6.45, 7) is 1.64. The summed E-state index contributed by atoms with van der Waals surface area (Å²) >= 11 is 0. The molecule has 2 aromatic rings. The third-order valence-corrected chi connectivity index (χ3v) is 5.87. The highest BCUT2D eigenvalue weighted by Gasteiger charge is 2.25. The lowest BCUT2D eigenvalue weighted by molar-refractivity contribution is -0.130. The van der Waals surface area contributed by atoms with E-state index in [9.17, 15) is 9.59 Å². The molecule has 1 aliphatic heterocycles. The summed E-state index contributed by atoms with van der Waals surface area (Å²) in [5, 5.41) is 2.80. The van der Waals surface area contributed by atoms with Crippen LogP contribution in [0.25, 0.3) is 5.52 Å². The van der Waals surface area contributed by atoms with Gasteiger partial charge < -0.3 is 14.6 Å². The van der Waals surface area contributed by atoms with Crippen molar-refractivity contribution < 1.29 is 9.59 Å². The Morgan fingerprint density at radius 3 is 2.56 bits per heavy atom. The average Bonchev–Trinajstić information content (AvgIpc) is 3.13. The van der Waals surface area contributed by atoms with Crippen LogP contribution in [0.2, 0.25) is 0 Å². The summed E-state index contributed by atoms with van der Waals surface area (Å²) in [4.78, 5) is 31.7. The number of carbonyl (C=O) groups excluding carboxylic acids is 2. The predicted molar refractivity (Wildman–Crippen MR) is 104 cm³/mol. The normalized spacial score (nSPS) is 18.6. The molecule has 0 spiro atoms. The number of hydrogen-bond donors (Lipinski definition) is 1. The minimum Gasteiger partial charge on any atom is -0.342 e. The lowest BCUT2D eigenvalue weighted by atomic mass is 9.89. The maximum absolute atomic E-state index is 12.8. The van der Waals surface area contributed by atoms with Crippen LogP contribution < -0.4 is 5.32 Å². The molecule has 1 saturated heterocycles. The number of hydrogen-bond acceptors (Lipinski definition) is 3. The van der Waals surface area contributed by atoms with Gasteiger partial charge in [0.1, 0.15) is 5.82 Å². The number of piperidine rings is 1. The maximum Gasteiger partial charge on any atom is 0.272 e. The van der Waals surface area contributed by atoms with Gasteiger partial charge in [-0.05, 0) is 44.2 Å². The number of rotatable bonds is 4. The molecule has 4 rings (SSSR count). The smallest absolute Gasteiger partial charge is 0.272 e. The van der Waals surface area contributed by atoms with E-state index in [2.05, 4.69) is 9.72 Å². The lowest BCUT2D eigenvalue weighted by Gasteiger charge is -2.26. The summed E-state index contributed by atoms with van der Waals surface area (Å²) in [6, 6.07) is 5.83. The van der Waals surface area contributed by atoms with Crippen LogP contribution in [-0.4, -0.2) is 45.7 Å². The highest BCUT2D eigenvalue weighted by molar-refractivity contribution is 6.00. The van der Waals surface area contributed by atoms with E-state index in [1.165, 1.54) is 25.7 Å². The second-order valence-electron chi connectivity index (χ2n) is 7.73. The fourth-order valence-electron chi connectivity index (χ4n) is 4.37. The van der Waals surface area contributed by atoms with Gasteiger partial charge in [-0.3, -0.25) is 9.59 Å². The van der Waals surface area contributed by atoms with E-state index in [1.54, 1.807) is 0 Å². The quantitative estimate of drug-likeness (QED) is 0.902. The first-order valence-corrected chi connectivity index (χ1v) is 10.3. The van der Waals surface area contributed by atoms with Crippen LogP contribution in [0, 0.1) is 0 Å². The average molecular weight is 368 g/mol. The Morgan fingerprint density at radius 1 is 1.04 bits per heavy atom. The second kappa shape index (κ2) is 8.11. The van der Waals surface area contributed by atoms with Crippen molar-refractivity contribution in [2.75, 3.05) is 19.6 Å². The van der Waals surface area contributed by atoms with Crippen LogP contribution >= 0.6 is 0 Å². The van der Waals surface area contributed by atoms with Crippen molar-refractivity contribution in [2.24, 2.45) is 0 Å². The zero-order chi connectivity index (χ0) is 18.6. The number of nitrogens with zero attached hydrogens (tertiary/aromatic N) is 3. The van der Waals surface area contributed by atoms with Crippen LogP contribution in [-0.2, 0) is 4.79 Å². The predicted octanol–water partition coefficient (Wildman–Crippen LogP) is 3.12. The molecular formula is C21H28N4O2. The molecule has 6 heteroatoms. The molecule has 0 unspecified atom stereocenters. The van der Waals surface area contributed by atoms with Gasteiger partial charge in [-0.15, -0.1) is 0 Å². The van der Waals surface area contributed by atoms with Crippen LogP contribution in [0.5, 0.6) is 0 Å². The van der Waals surface area contributed by atoms with Gasteiger partial charge in [-0.1, -0.05) is 25.3 Å². The molecule has 0 radical (unpaired) electrons. The van der Waals surface area contributed by atoms with Gasteiger partial charge in [0.05, 0.1) is 12.1 Å². The van der Waals surface area contributed by atoms with Crippen molar-refractivity contribution >= 4 is 17.3 Å². The van der Waals surface area contributed by atoms with Crippen molar-refractivity contribution in [3.63, 3.8) is 0 Å². The van der Waals surface area contributed by atoms with Crippen molar-refractivity contribution in [2.45, 2.75) is 57.3 Å². The molecule has 3 heterocycles. The number of imidazole rings is 1. The number of likely N-dealkylation sites (tertiary alicyclic amines) is 1. The number of amides is 2. The number of carbonyl (C=O) groups is 2. The molecule has 2 fully saturated rings. The molecule has 2 amide bonds. The van der Waals surface area contributed by atoms with Gasteiger partial charge >= 0.3 is 0 Å². The van der Waals surface area contributed by atoms with E-state index in [1.807, 2.05) is 29.3 Å². The highest BCUT2D eigenvalue weighted by Crippen LogP contribution is 2.33. The van der Waals surface area contributed by atoms with E-state index in [4.69, 9.17) is 4.98 Å². The topological polar surface area (TPSA) is 66.7 Å². The molecule has 144 valence electrons. The van der Waals surface area contributed by atoms with Gasteiger partial charge in [-0.2, -0.15) is 0 Å². The fourth-order valence-corrected chi connectivity index (χ4v) is 4.37. The van der Waals surface area contributed by atoms with Gasteiger partial charge in [-0.25, -0.2) is 4.98 Å². The zero-order valence-corrected chi connectivity index (χ0v) is 15.8. The first kappa shape index (κ1) is 18.0. The Kier molecular flexibility index (Phi) is 5.41. The Balaban J connectivity index is 1.50. The van der Waals surface area contributed by atoms with Crippen LogP contribution in [0.4, 0.5) is 0 Å². The molecule has 6 nitrogen and oxygen atoms in total. The third kappa shape index (κ3) is 3.84. The molecule has 0 bridgehead atoms. The maximum atomic E-state index is 12.8. The summed E-state index contributed by atoms with van der Waals surface area (Å²) in [6.07, 6.45) is 11.3. The van der Waals surface area contributed by atoms with E-state index in [-0.39, 0.29) is 18.4 Å². The Labute approximate surface area is 159 Å². The summed E-state index contributed by atoms with van der Waals surface area (Å²) in [5.74, 6) is 1.13. The highest BCUT2D eigenvalue weighted by atomic mass is 16.2. The summed E-state index contributed by atoms with van der Waals surface area (Å²) in [7, 11) is 0. The van der Waals surface area contributed by atoms with Crippen molar-refractivity contribution in [1.82, 2.24) is 19.6 Å². The van der Waals surface area contributed by atoms with Gasteiger partial charge in [0.25, 0.3) is 5.91 Å². The lowest BCUT2D eigenvalue weighted by Crippen LogP contribution is -2.42. The van der Waals surface area contributed by atoms with Gasteiger partial charge in [0.2, 0.25) is 5.91 Å². The molecule has 1 aliphatic carbocycles. The first-order valence-electron chi connectivity index (χ1n) is 10.3. The van der Waals surface area contributed by atoms with E-state index < -0.39 is 0 Å². The number of pyridine rings is 1. The molecule has 1 N–H and O–H groups in total. The molecule has 2 aromatic heterocycles. The first-order chi connectivity index (χ1) is 13.2. The van der Waals surface area contributed by atoms with Crippen LogP contribution in [0.1, 0.15) is 73.6 Å². The van der Waals surface area contributed by atoms with Crippen LogP contribution in [0.3, 0.4) is 0 Å². The number of nitrogens with one attached hydrogen (secondary N) is 1. The second-order valence-corrected chi connectivity index (χ2v) is 7.73. The Hall–Kier alpha value is -2.37. The summed E-state index contributed by atoms with van der Waals surface area (Å²) < 4.78 is 2.05. The van der Waals surface area contributed by atoms with E-state index in [0.29, 0.717) is 11.6 Å². The minimum absolute atomic E-state index is 0.000862. The molecule has 0 aromatic carbocycles. The SMILES string of the molecule is O=C(NCC(=O)N1CCCCC1)c1nc(C2CCCCC2)n2ccccc12. The van der Waals surface area contributed by atoms with Gasteiger partial charge in [0, 0.05) is 25.2 Å². The molecule has 1 saturated carbocycles. The van der Waals surface area contributed by atoms with Gasteiger partial charge in [0.15, 0.2) is 5.69 Å². The Morgan fingerprint density at radius 2 is 1.78 bits per heavy atom. The zero-order valence-electron chi connectivity index (χ0n) is 15.8. The van der Waals surface area contributed by atoms with Crippen molar-refractivity contribution in [1.29, 1.82) is 0 Å². The van der Waals surface area contributed by atoms with Crippen molar-refractivity contribution in [3.8, 4) is 0 Å². The van der Waals surface area contributed by atoms with Crippen LogP contribution in [0.15, 0.2) is 24.4 Å². The number of fused-ring (bicyclic) bond motifs is 1. The van der Waals surface area contributed by atoms with Crippen molar-refractivity contribution in [3.05, 3.63) is 35.9 Å². The largest absolute Gasteiger partial charge is 0.342 e. The molecule has 2 aliphatic rings. The molecule has 27 heavy (non-hydrogen) atoms. The third-order valence-electron chi connectivity index (χ3n) is 5.87. The monoisotopic (exact) mass is 368 g/mol. The van der Waals surface area contributed by atoms with E-state index >= 15 is 0 Å². The number of aromatic nitrogens is 2. The Bertz CT molecular complexity index is 817. The fraction of sp³-hybridized carbons (Fsp3) is 0.571. The molecule has 0 atom stereocenters.